The van der Waals surface area contributed by atoms with E-state index in [1.54, 1.807) is 0 Å². The summed E-state index contributed by atoms with van der Waals surface area (Å²) in [6.07, 6.45) is 3.79. The lowest BCUT2D eigenvalue weighted by Crippen LogP contribution is -2.47. The zero-order chi connectivity index (χ0) is 15.5. The van der Waals surface area contributed by atoms with Crippen LogP contribution in [0.15, 0.2) is 0 Å². The molecule has 0 heterocycles. The third-order valence-corrected chi connectivity index (χ3v) is 8.11. The number of nitriles is 1. The Balaban J connectivity index is 1.91. The van der Waals surface area contributed by atoms with Crippen LogP contribution in [-0.2, 0) is 14.8 Å². The summed E-state index contributed by atoms with van der Waals surface area (Å²) >= 11 is 0. The third-order valence-electron chi connectivity index (χ3n) is 6.11. The van der Waals surface area contributed by atoms with Gasteiger partial charge in [-0.25, -0.2) is 8.42 Å². The van der Waals surface area contributed by atoms with Gasteiger partial charge in [-0.15, -0.1) is 0 Å². The molecule has 3 fully saturated rings. The molecule has 2 bridgehead atoms. The first-order chi connectivity index (χ1) is 9.74. The fourth-order valence-corrected chi connectivity index (χ4v) is 6.77. The highest BCUT2D eigenvalue weighted by Crippen LogP contribution is 2.64. The Kier molecular flexibility index (Phi) is 3.23. The molecule has 3 saturated carbocycles. The van der Waals surface area contributed by atoms with Crippen molar-refractivity contribution in [3.8, 4) is 6.07 Å². The summed E-state index contributed by atoms with van der Waals surface area (Å²) in [7, 11) is -3.56. The van der Waals surface area contributed by atoms with Crippen LogP contribution in [0.2, 0.25) is 0 Å². The van der Waals surface area contributed by atoms with Gasteiger partial charge >= 0.3 is 0 Å². The van der Waals surface area contributed by atoms with Crippen LogP contribution in [0, 0.1) is 28.1 Å². The quantitative estimate of drug-likeness (QED) is 0.724. The molecule has 0 amide bonds. The van der Waals surface area contributed by atoms with Crippen LogP contribution in [0.1, 0.15) is 46.0 Å². The smallest absolute Gasteiger partial charge is 0.216 e. The molecule has 0 aromatic rings. The first-order valence-corrected chi connectivity index (χ1v) is 9.25. The maximum atomic E-state index is 12.8. The second-order valence-electron chi connectivity index (χ2n) is 7.36. The lowest BCUT2D eigenvalue weighted by molar-refractivity contribution is -0.128. The van der Waals surface area contributed by atoms with Gasteiger partial charge in [0.1, 0.15) is 12.3 Å². The number of rotatable bonds is 5. The molecule has 21 heavy (non-hydrogen) atoms. The Morgan fingerprint density at radius 2 is 2.00 bits per heavy atom. The molecule has 0 radical (unpaired) electrons. The number of Topliss-reactive ketones (excluding diaryl/α,β-unsaturated/α-hetero) is 1. The standard InChI is InChI=1S/C15H22N2O3S/c1-14(2)11-5-6-15(14,13(18)9-11)10-21(19,20)17(8-7-16)12-3-4-12/h11-12H,3-6,8-10H2,1-2H3. The molecule has 116 valence electrons. The largest absolute Gasteiger partial charge is 0.299 e. The van der Waals surface area contributed by atoms with E-state index in [0.29, 0.717) is 18.8 Å². The fourth-order valence-electron chi connectivity index (χ4n) is 4.39. The number of hydrogen-bond donors (Lipinski definition) is 0. The topological polar surface area (TPSA) is 78.2 Å². The monoisotopic (exact) mass is 310 g/mol. The van der Waals surface area contributed by atoms with E-state index in [1.807, 2.05) is 19.9 Å². The van der Waals surface area contributed by atoms with Gasteiger partial charge in [0.25, 0.3) is 0 Å². The van der Waals surface area contributed by atoms with Crippen molar-refractivity contribution in [3.63, 3.8) is 0 Å². The molecule has 0 spiro atoms. The van der Waals surface area contributed by atoms with Crippen molar-refractivity contribution in [2.45, 2.75) is 52.0 Å². The lowest BCUT2D eigenvalue weighted by Gasteiger charge is -2.37. The van der Waals surface area contributed by atoms with E-state index in [2.05, 4.69) is 0 Å². The summed E-state index contributed by atoms with van der Waals surface area (Å²) in [4.78, 5) is 12.5. The van der Waals surface area contributed by atoms with Gasteiger partial charge in [-0.2, -0.15) is 9.57 Å². The van der Waals surface area contributed by atoms with E-state index in [0.717, 1.165) is 19.3 Å². The number of sulfonamides is 1. The molecule has 3 aliphatic carbocycles. The van der Waals surface area contributed by atoms with Crippen LogP contribution in [-0.4, -0.2) is 36.8 Å². The van der Waals surface area contributed by atoms with E-state index >= 15 is 0 Å². The maximum absolute atomic E-state index is 12.8. The molecule has 2 atom stereocenters. The summed E-state index contributed by atoms with van der Waals surface area (Å²) in [6, 6.07) is 1.93. The number of ketones is 1. The molecular weight excluding hydrogens is 288 g/mol. The van der Waals surface area contributed by atoms with Crippen LogP contribution in [0.5, 0.6) is 0 Å². The van der Waals surface area contributed by atoms with Crippen molar-refractivity contribution >= 4 is 15.8 Å². The Hall–Kier alpha value is -0.930. The number of carbonyl (C=O) groups is 1. The van der Waals surface area contributed by atoms with E-state index in [4.69, 9.17) is 5.26 Å². The van der Waals surface area contributed by atoms with Gasteiger partial charge in [0.15, 0.2) is 0 Å². The molecule has 0 N–H and O–H groups in total. The van der Waals surface area contributed by atoms with Crippen molar-refractivity contribution in [2.75, 3.05) is 12.3 Å². The van der Waals surface area contributed by atoms with Crippen LogP contribution in [0.3, 0.4) is 0 Å². The summed E-state index contributed by atoms with van der Waals surface area (Å²) in [5.74, 6) is 0.311. The summed E-state index contributed by atoms with van der Waals surface area (Å²) in [6.45, 7) is 3.98. The van der Waals surface area contributed by atoms with Crippen LogP contribution >= 0.6 is 0 Å². The molecule has 0 saturated heterocycles. The van der Waals surface area contributed by atoms with Crippen molar-refractivity contribution < 1.29 is 13.2 Å². The van der Waals surface area contributed by atoms with E-state index in [1.165, 1.54) is 4.31 Å². The Bertz CT molecular complexity index is 615. The molecule has 0 aromatic carbocycles. The Morgan fingerprint density at radius 1 is 1.33 bits per heavy atom. The van der Waals surface area contributed by atoms with E-state index < -0.39 is 15.4 Å². The lowest BCUT2D eigenvalue weighted by atomic mass is 9.70. The van der Waals surface area contributed by atoms with Gasteiger partial charge in [0.2, 0.25) is 10.0 Å². The Labute approximate surface area is 126 Å². The molecule has 2 unspecified atom stereocenters. The normalized spacial score (nSPS) is 34.4. The SMILES string of the molecule is CC1(C)C2CCC1(CS(=O)(=O)N(CC#N)C1CC1)C(=O)C2. The molecule has 0 aliphatic heterocycles. The number of fused-ring (bicyclic) bond motifs is 2. The van der Waals surface area contributed by atoms with Gasteiger partial charge in [0, 0.05) is 17.9 Å². The third kappa shape index (κ3) is 2.05. The van der Waals surface area contributed by atoms with Gasteiger partial charge in [-0.1, -0.05) is 13.8 Å². The summed E-state index contributed by atoms with van der Waals surface area (Å²) < 4.78 is 26.9. The van der Waals surface area contributed by atoms with Crippen molar-refractivity contribution in [2.24, 2.45) is 16.7 Å². The first-order valence-electron chi connectivity index (χ1n) is 7.64. The number of hydrogen-bond acceptors (Lipinski definition) is 4. The van der Waals surface area contributed by atoms with E-state index in [9.17, 15) is 13.2 Å². The second kappa shape index (κ2) is 4.53. The highest BCUT2D eigenvalue weighted by atomic mass is 32.2. The van der Waals surface area contributed by atoms with Crippen molar-refractivity contribution in [3.05, 3.63) is 0 Å². The highest BCUT2D eigenvalue weighted by molar-refractivity contribution is 7.89. The van der Waals surface area contributed by atoms with Gasteiger partial charge in [0.05, 0.1) is 11.8 Å². The molecule has 0 aromatic heterocycles. The average molecular weight is 310 g/mol. The summed E-state index contributed by atoms with van der Waals surface area (Å²) in [5.41, 5.74) is -0.988. The van der Waals surface area contributed by atoms with Gasteiger partial charge in [-0.05, 0) is 37.0 Å². The zero-order valence-corrected chi connectivity index (χ0v) is 13.4. The molecular formula is C15H22N2O3S. The highest BCUT2D eigenvalue weighted by Gasteiger charge is 2.65. The minimum atomic E-state index is -3.56. The predicted molar refractivity (Wildman–Crippen MR) is 77.7 cm³/mol. The molecule has 5 nitrogen and oxygen atoms in total. The average Bonchev–Trinajstić information content (AvgIpc) is 3.16. The van der Waals surface area contributed by atoms with E-state index in [-0.39, 0.29) is 29.5 Å². The second-order valence-corrected chi connectivity index (χ2v) is 9.28. The minimum Gasteiger partial charge on any atom is -0.299 e. The number of carbonyl (C=O) groups excluding carboxylic acids is 1. The Morgan fingerprint density at radius 3 is 2.43 bits per heavy atom. The zero-order valence-electron chi connectivity index (χ0n) is 12.6. The van der Waals surface area contributed by atoms with Gasteiger partial charge in [-0.3, -0.25) is 4.79 Å². The minimum absolute atomic E-state index is 0.0251. The predicted octanol–water partition coefficient (Wildman–Crippen LogP) is 1.70. The fraction of sp³-hybridized carbons (Fsp3) is 0.867. The van der Waals surface area contributed by atoms with Gasteiger partial charge < -0.3 is 0 Å². The van der Waals surface area contributed by atoms with Crippen molar-refractivity contribution in [1.82, 2.24) is 4.31 Å². The maximum Gasteiger partial charge on any atom is 0.216 e. The molecule has 6 heteroatoms. The van der Waals surface area contributed by atoms with Crippen LogP contribution in [0.25, 0.3) is 0 Å². The summed E-state index contributed by atoms with van der Waals surface area (Å²) in [5, 5.41) is 8.90. The first kappa shape index (κ1) is 15.0. The molecule has 3 aliphatic rings. The van der Waals surface area contributed by atoms with Crippen LogP contribution in [0.4, 0.5) is 0 Å². The molecule has 3 rings (SSSR count). The van der Waals surface area contributed by atoms with Crippen molar-refractivity contribution in [1.29, 1.82) is 5.26 Å². The number of nitrogens with zero attached hydrogens (tertiary/aromatic N) is 2. The van der Waals surface area contributed by atoms with Crippen LogP contribution < -0.4 is 0 Å².